The average molecular weight is 342 g/mol. The highest BCUT2D eigenvalue weighted by Crippen LogP contribution is 2.20. The van der Waals surface area contributed by atoms with Crippen molar-refractivity contribution in [1.29, 1.82) is 0 Å². The van der Waals surface area contributed by atoms with Gasteiger partial charge in [-0.05, 0) is 24.6 Å². The molecule has 1 aromatic rings. The van der Waals surface area contributed by atoms with Gasteiger partial charge in [0, 0.05) is 45.6 Å². The maximum Gasteiger partial charge on any atom is 0.264 e. The van der Waals surface area contributed by atoms with Crippen LogP contribution in [0, 0.1) is 5.82 Å². The van der Waals surface area contributed by atoms with Crippen molar-refractivity contribution in [3.63, 3.8) is 0 Å². The lowest BCUT2D eigenvalue weighted by atomic mass is 10.2. The highest BCUT2D eigenvalue weighted by atomic mass is 35.7. The fourth-order valence-electron chi connectivity index (χ4n) is 1.41. The molecule has 0 heterocycles. The first-order chi connectivity index (χ1) is 9.21. The Kier molecular flexibility index (Phi) is 6.09. The smallest absolute Gasteiger partial charge is 0.264 e. The minimum Gasteiger partial charge on any atom is -0.352 e. The summed E-state index contributed by atoms with van der Waals surface area (Å²) in [5.41, 5.74) is -0.0109. The number of benzene rings is 1. The van der Waals surface area contributed by atoms with Crippen molar-refractivity contribution in [2.75, 3.05) is 18.6 Å². The molecule has 0 bridgehead atoms. The molecule has 0 aliphatic heterocycles. The Morgan fingerprint density at radius 2 is 2.10 bits per heavy atom. The summed E-state index contributed by atoms with van der Waals surface area (Å²) in [5.74, 6) is -1.11. The van der Waals surface area contributed by atoms with Crippen molar-refractivity contribution in [2.45, 2.75) is 11.3 Å². The van der Waals surface area contributed by atoms with E-state index in [0.29, 0.717) is 18.7 Å². The van der Waals surface area contributed by atoms with Gasteiger partial charge in [0.15, 0.2) is 0 Å². The zero-order valence-electron chi connectivity index (χ0n) is 10.6. The number of hydrogen-bond donors (Lipinski definition) is 1. The van der Waals surface area contributed by atoms with Crippen molar-refractivity contribution < 1.29 is 21.8 Å². The molecule has 9 heteroatoms. The zero-order chi connectivity index (χ0) is 15.3. The third-order valence-corrected chi connectivity index (χ3v) is 4.55. The van der Waals surface area contributed by atoms with Gasteiger partial charge in [0.25, 0.3) is 15.0 Å². The predicted molar refractivity (Wildman–Crippen MR) is 75.3 cm³/mol. The van der Waals surface area contributed by atoms with E-state index in [9.17, 15) is 21.8 Å². The van der Waals surface area contributed by atoms with Gasteiger partial charge >= 0.3 is 0 Å². The molecule has 5 nitrogen and oxygen atoms in total. The first-order valence-electron chi connectivity index (χ1n) is 5.54. The van der Waals surface area contributed by atoms with E-state index in [1.54, 1.807) is 6.26 Å². The molecule has 0 aliphatic carbocycles. The van der Waals surface area contributed by atoms with Crippen LogP contribution in [0.1, 0.15) is 16.8 Å². The standard InChI is InChI=1S/C11H13ClFNO4S2/c1-19(16)6-2-5-14-11(15)8-3-4-9(13)10(7-8)20(12,17)18/h3-4,7H,2,5-6H2,1H3,(H,14,15). The van der Waals surface area contributed by atoms with Crippen LogP contribution in [0.4, 0.5) is 4.39 Å². The minimum absolute atomic E-state index is 0.0109. The van der Waals surface area contributed by atoms with Crippen LogP contribution in [0.2, 0.25) is 0 Å². The molecule has 1 unspecified atom stereocenters. The molecule has 0 saturated heterocycles. The molecule has 0 radical (unpaired) electrons. The summed E-state index contributed by atoms with van der Waals surface area (Å²) in [6.45, 7) is 0.290. The third kappa shape index (κ3) is 5.18. The summed E-state index contributed by atoms with van der Waals surface area (Å²) >= 11 is 0. The number of hydrogen-bond acceptors (Lipinski definition) is 4. The Hall–Kier alpha value is -0.990. The summed E-state index contributed by atoms with van der Waals surface area (Å²) < 4.78 is 46.4. The maximum atomic E-state index is 13.3. The molecular formula is C11H13ClFNO4S2. The normalized spacial score (nSPS) is 12.9. The van der Waals surface area contributed by atoms with Crippen LogP contribution in [0.3, 0.4) is 0 Å². The van der Waals surface area contributed by atoms with Crippen LogP contribution in [0.15, 0.2) is 23.1 Å². The highest BCUT2D eigenvalue weighted by Gasteiger charge is 2.18. The number of nitrogens with one attached hydrogen (secondary N) is 1. The van der Waals surface area contributed by atoms with Gasteiger partial charge in [-0.15, -0.1) is 0 Å². The molecule has 0 saturated carbocycles. The highest BCUT2D eigenvalue weighted by molar-refractivity contribution is 8.13. The number of amides is 1. The average Bonchev–Trinajstić information content (AvgIpc) is 2.33. The van der Waals surface area contributed by atoms with Gasteiger partial charge in [-0.25, -0.2) is 12.8 Å². The maximum absolute atomic E-state index is 13.3. The van der Waals surface area contributed by atoms with Crippen LogP contribution in [0.25, 0.3) is 0 Å². The summed E-state index contributed by atoms with van der Waals surface area (Å²) in [6, 6.07) is 2.91. The van der Waals surface area contributed by atoms with Gasteiger partial charge in [-0.3, -0.25) is 9.00 Å². The second-order valence-electron chi connectivity index (χ2n) is 3.97. The van der Waals surface area contributed by atoms with Crippen molar-refractivity contribution >= 4 is 36.4 Å². The van der Waals surface area contributed by atoms with Crippen LogP contribution in [-0.4, -0.2) is 37.1 Å². The topological polar surface area (TPSA) is 80.3 Å². The van der Waals surface area contributed by atoms with Crippen LogP contribution < -0.4 is 5.32 Å². The van der Waals surface area contributed by atoms with Gasteiger partial charge in [0.1, 0.15) is 10.7 Å². The van der Waals surface area contributed by atoms with E-state index < -0.39 is 36.5 Å². The quantitative estimate of drug-likeness (QED) is 0.624. The largest absolute Gasteiger partial charge is 0.352 e. The molecule has 1 atom stereocenters. The van der Waals surface area contributed by atoms with Gasteiger partial charge in [0.2, 0.25) is 0 Å². The molecule has 112 valence electrons. The predicted octanol–water partition coefficient (Wildman–Crippen LogP) is 1.25. The van der Waals surface area contributed by atoms with Gasteiger partial charge in [-0.2, -0.15) is 0 Å². The fourth-order valence-corrected chi connectivity index (χ4v) is 2.89. The van der Waals surface area contributed by atoms with E-state index in [1.807, 2.05) is 0 Å². The van der Waals surface area contributed by atoms with Crippen molar-refractivity contribution in [2.24, 2.45) is 0 Å². The number of carbonyl (C=O) groups excluding carboxylic acids is 1. The van der Waals surface area contributed by atoms with Crippen molar-refractivity contribution in [1.82, 2.24) is 5.32 Å². The second kappa shape index (κ2) is 7.14. The molecule has 1 rings (SSSR count). The van der Waals surface area contributed by atoms with E-state index >= 15 is 0 Å². The molecule has 0 fully saturated rings. The molecule has 0 spiro atoms. The van der Waals surface area contributed by atoms with Gasteiger partial charge in [-0.1, -0.05) is 0 Å². The van der Waals surface area contributed by atoms with E-state index in [4.69, 9.17) is 10.7 Å². The Balaban J connectivity index is 2.77. The van der Waals surface area contributed by atoms with Crippen LogP contribution in [0.5, 0.6) is 0 Å². The lowest BCUT2D eigenvalue weighted by molar-refractivity contribution is 0.0953. The molecular weight excluding hydrogens is 329 g/mol. The van der Waals surface area contributed by atoms with E-state index in [1.165, 1.54) is 0 Å². The molecule has 20 heavy (non-hydrogen) atoms. The Morgan fingerprint density at radius 3 is 2.65 bits per heavy atom. The minimum atomic E-state index is -4.25. The van der Waals surface area contributed by atoms with Gasteiger partial charge in [0.05, 0.1) is 0 Å². The number of halogens is 2. The van der Waals surface area contributed by atoms with E-state index in [0.717, 1.165) is 18.2 Å². The number of carbonyl (C=O) groups is 1. The molecule has 0 aliphatic rings. The van der Waals surface area contributed by atoms with Crippen molar-refractivity contribution in [3.8, 4) is 0 Å². The summed E-state index contributed by atoms with van der Waals surface area (Å²) in [6.07, 6.45) is 2.08. The third-order valence-electron chi connectivity index (χ3n) is 2.35. The van der Waals surface area contributed by atoms with Gasteiger partial charge < -0.3 is 5.32 Å². The summed E-state index contributed by atoms with van der Waals surface area (Å²) in [7, 11) is -0.121. The Bertz CT molecular complexity index is 633. The first-order valence-corrected chi connectivity index (χ1v) is 9.58. The Morgan fingerprint density at radius 1 is 1.45 bits per heavy atom. The lowest BCUT2D eigenvalue weighted by Gasteiger charge is -2.06. The monoisotopic (exact) mass is 341 g/mol. The van der Waals surface area contributed by atoms with E-state index in [-0.39, 0.29) is 5.56 Å². The van der Waals surface area contributed by atoms with Crippen LogP contribution >= 0.6 is 10.7 Å². The lowest BCUT2D eigenvalue weighted by Crippen LogP contribution is -2.25. The summed E-state index contributed by atoms with van der Waals surface area (Å²) in [4.78, 5) is 11.0. The van der Waals surface area contributed by atoms with Crippen molar-refractivity contribution in [3.05, 3.63) is 29.6 Å². The molecule has 1 aromatic carbocycles. The molecule has 0 aromatic heterocycles. The summed E-state index contributed by atoms with van der Waals surface area (Å²) in [5, 5.41) is 2.52. The first kappa shape index (κ1) is 17.1. The SMILES string of the molecule is CS(=O)CCCNC(=O)c1ccc(F)c(S(=O)(=O)Cl)c1. The Labute approximate surface area is 123 Å². The molecule has 1 N–H and O–H groups in total. The second-order valence-corrected chi connectivity index (χ2v) is 8.06. The molecule has 1 amide bonds. The van der Waals surface area contributed by atoms with E-state index in [2.05, 4.69) is 5.32 Å². The van der Waals surface area contributed by atoms with Crippen LogP contribution in [-0.2, 0) is 19.9 Å². The number of rotatable bonds is 6. The fraction of sp³-hybridized carbons (Fsp3) is 0.364. The zero-order valence-corrected chi connectivity index (χ0v) is 12.9.